The number of hydrogen-bond donors (Lipinski definition) is 0. The van der Waals surface area contributed by atoms with Crippen molar-refractivity contribution < 1.29 is 9.72 Å². The van der Waals surface area contributed by atoms with E-state index in [1.165, 1.54) is 11.6 Å². The van der Waals surface area contributed by atoms with Gasteiger partial charge in [0, 0.05) is 31.0 Å². The van der Waals surface area contributed by atoms with E-state index in [-0.39, 0.29) is 21.8 Å². The summed E-state index contributed by atoms with van der Waals surface area (Å²) in [6.07, 6.45) is 3.17. The predicted octanol–water partition coefficient (Wildman–Crippen LogP) is 4.70. The third-order valence-electron chi connectivity index (χ3n) is 5.26. The van der Waals surface area contributed by atoms with Crippen molar-refractivity contribution >= 4 is 23.4 Å². The minimum absolute atomic E-state index is 0.0950. The fourth-order valence-corrected chi connectivity index (χ4v) is 4.53. The molecule has 1 unspecified atom stereocenters. The number of piperidine rings is 1. The van der Waals surface area contributed by atoms with Gasteiger partial charge in [-0.05, 0) is 43.2 Å². The highest BCUT2D eigenvalue weighted by Crippen LogP contribution is 2.26. The predicted molar refractivity (Wildman–Crippen MR) is 113 cm³/mol. The van der Waals surface area contributed by atoms with Crippen LogP contribution in [-0.4, -0.2) is 34.1 Å². The zero-order valence-electron chi connectivity index (χ0n) is 16.1. The number of carbonyl (C=O) groups is 1. The van der Waals surface area contributed by atoms with E-state index in [4.69, 9.17) is 0 Å². The van der Waals surface area contributed by atoms with E-state index in [2.05, 4.69) is 24.3 Å². The molecule has 1 aliphatic heterocycles. The lowest BCUT2D eigenvalue weighted by Crippen LogP contribution is -2.42. The Morgan fingerprint density at radius 1 is 1.14 bits per heavy atom. The SMILES string of the molecule is CC(SCc1cccc([N+](=O)[O-])c1)C(=O)N1CCC(Cc2ccccc2)CC1. The molecule has 1 atom stereocenters. The van der Waals surface area contributed by atoms with Gasteiger partial charge in [-0.1, -0.05) is 42.5 Å². The molecule has 0 aliphatic carbocycles. The van der Waals surface area contributed by atoms with E-state index in [9.17, 15) is 14.9 Å². The number of amides is 1. The molecule has 0 N–H and O–H groups in total. The van der Waals surface area contributed by atoms with Gasteiger partial charge in [-0.3, -0.25) is 14.9 Å². The molecule has 1 saturated heterocycles. The first kappa shape index (κ1) is 20.4. The maximum atomic E-state index is 12.8. The number of nitro groups is 1. The van der Waals surface area contributed by atoms with Gasteiger partial charge in [0.15, 0.2) is 0 Å². The van der Waals surface area contributed by atoms with Crippen LogP contribution in [0.15, 0.2) is 54.6 Å². The molecule has 0 spiro atoms. The Balaban J connectivity index is 1.45. The number of carbonyl (C=O) groups excluding carboxylic acids is 1. The monoisotopic (exact) mass is 398 g/mol. The Morgan fingerprint density at radius 2 is 1.82 bits per heavy atom. The number of benzene rings is 2. The average molecular weight is 399 g/mol. The zero-order chi connectivity index (χ0) is 19.9. The number of rotatable bonds is 7. The lowest BCUT2D eigenvalue weighted by molar-refractivity contribution is -0.384. The molecular formula is C22H26N2O3S. The van der Waals surface area contributed by atoms with E-state index >= 15 is 0 Å². The third-order valence-corrected chi connectivity index (χ3v) is 6.46. The molecule has 0 radical (unpaired) electrons. The van der Waals surface area contributed by atoms with E-state index in [0.717, 1.165) is 37.9 Å². The second-order valence-electron chi connectivity index (χ2n) is 7.34. The van der Waals surface area contributed by atoms with Gasteiger partial charge in [0.05, 0.1) is 10.2 Å². The molecular weight excluding hydrogens is 372 g/mol. The molecule has 0 bridgehead atoms. The summed E-state index contributed by atoms with van der Waals surface area (Å²) < 4.78 is 0. The summed E-state index contributed by atoms with van der Waals surface area (Å²) in [5, 5.41) is 10.7. The standard InChI is InChI=1S/C22H26N2O3S/c1-17(28-16-20-8-5-9-21(15-20)24(26)27)22(25)23-12-10-19(11-13-23)14-18-6-3-2-4-7-18/h2-9,15,17,19H,10-14,16H2,1H3. The van der Waals surface area contributed by atoms with Crippen LogP contribution in [0.5, 0.6) is 0 Å². The van der Waals surface area contributed by atoms with Gasteiger partial charge in [0.25, 0.3) is 5.69 Å². The van der Waals surface area contributed by atoms with Gasteiger partial charge in [-0.15, -0.1) is 11.8 Å². The summed E-state index contributed by atoms with van der Waals surface area (Å²) in [5.41, 5.74) is 2.34. The van der Waals surface area contributed by atoms with Crippen molar-refractivity contribution in [2.24, 2.45) is 5.92 Å². The summed E-state index contributed by atoms with van der Waals surface area (Å²) in [6, 6.07) is 17.2. The van der Waals surface area contributed by atoms with Crippen molar-refractivity contribution in [3.8, 4) is 0 Å². The van der Waals surface area contributed by atoms with E-state index < -0.39 is 0 Å². The number of likely N-dealkylation sites (tertiary alicyclic amines) is 1. The second kappa shape index (κ2) is 9.73. The van der Waals surface area contributed by atoms with Gasteiger partial charge in [-0.25, -0.2) is 0 Å². The van der Waals surface area contributed by atoms with Crippen LogP contribution in [0.1, 0.15) is 30.9 Å². The Bertz CT molecular complexity index is 804. The summed E-state index contributed by atoms with van der Waals surface area (Å²) in [7, 11) is 0. The van der Waals surface area contributed by atoms with E-state index in [0.29, 0.717) is 11.7 Å². The molecule has 2 aromatic rings. The highest BCUT2D eigenvalue weighted by Gasteiger charge is 2.26. The molecule has 3 rings (SSSR count). The quantitative estimate of drug-likeness (QED) is 0.501. The minimum atomic E-state index is -0.387. The van der Waals surface area contributed by atoms with Crippen LogP contribution >= 0.6 is 11.8 Å². The van der Waals surface area contributed by atoms with Crippen LogP contribution in [0.3, 0.4) is 0 Å². The highest BCUT2D eigenvalue weighted by molar-refractivity contribution is 7.99. The number of nitro benzene ring substituents is 1. The second-order valence-corrected chi connectivity index (χ2v) is 8.67. The number of nitrogens with zero attached hydrogens (tertiary/aromatic N) is 2. The topological polar surface area (TPSA) is 63.5 Å². The molecule has 1 fully saturated rings. The molecule has 6 heteroatoms. The summed E-state index contributed by atoms with van der Waals surface area (Å²) in [5.74, 6) is 1.41. The summed E-state index contributed by atoms with van der Waals surface area (Å²) >= 11 is 1.54. The van der Waals surface area contributed by atoms with E-state index in [1.54, 1.807) is 23.9 Å². The summed E-state index contributed by atoms with van der Waals surface area (Å²) in [6.45, 7) is 3.57. The van der Waals surface area contributed by atoms with Crippen LogP contribution in [0.4, 0.5) is 5.69 Å². The largest absolute Gasteiger partial charge is 0.342 e. The van der Waals surface area contributed by atoms with Crippen LogP contribution in [0, 0.1) is 16.0 Å². The Hall–Kier alpha value is -2.34. The highest BCUT2D eigenvalue weighted by atomic mass is 32.2. The fourth-order valence-electron chi connectivity index (χ4n) is 3.61. The molecule has 2 aromatic carbocycles. The maximum absolute atomic E-state index is 12.8. The van der Waals surface area contributed by atoms with Gasteiger partial charge >= 0.3 is 0 Å². The van der Waals surface area contributed by atoms with Crippen molar-refractivity contribution in [3.63, 3.8) is 0 Å². The van der Waals surface area contributed by atoms with Crippen molar-refractivity contribution in [3.05, 3.63) is 75.8 Å². The van der Waals surface area contributed by atoms with Crippen LogP contribution < -0.4 is 0 Å². The number of non-ortho nitro benzene ring substituents is 1. The lowest BCUT2D eigenvalue weighted by atomic mass is 9.90. The molecule has 0 saturated carbocycles. The van der Waals surface area contributed by atoms with Crippen molar-refractivity contribution in [1.29, 1.82) is 0 Å². The van der Waals surface area contributed by atoms with Crippen LogP contribution in [0.25, 0.3) is 0 Å². The van der Waals surface area contributed by atoms with Crippen molar-refractivity contribution in [1.82, 2.24) is 4.90 Å². The first-order valence-electron chi connectivity index (χ1n) is 9.70. The Morgan fingerprint density at radius 3 is 2.50 bits per heavy atom. The molecule has 0 aromatic heterocycles. The fraction of sp³-hybridized carbons (Fsp3) is 0.409. The first-order valence-corrected chi connectivity index (χ1v) is 10.8. The van der Waals surface area contributed by atoms with Crippen LogP contribution in [0.2, 0.25) is 0 Å². The number of thioether (sulfide) groups is 1. The van der Waals surface area contributed by atoms with E-state index in [1.807, 2.05) is 24.0 Å². The van der Waals surface area contributed by atoms with Gasteiger partial charge in [0.1, 0.15) is 0 Å². The maximum Gasteiger partial charge on any atom is 0.269 e. The van der Waals surface area contributed by atoms with Crippen LogP contribution in [-0.2, 0) is 17.0 Å². The average Bonchev–Trinajstić information content (AvgIpc) is 2.73. The molecule has 1 amide bonds. The minimum Gasteiger partial charge on any atom is -0.342 e. The van der Waals surface area contributed by atoms with Gasteiger partial charge in [-0.2, -0.15) is 0 Å². The third kappa shape index (κ3) is 5.58. The molecule has 1 heterocycles. The molecule has 28 heavy (non-hydrogen) atoms. The lowest BCUT2D eigenvalue weighted by Gasteiger charge is -2.33. The van der Waals surface area contributed by atoms with Gasteiger partial charge in [0.2, 0.25) is 5.91 Å². The van der Waals surface area contributed by atoms with Crippen molar-refractivity contribution in [2.45, 2.75) is 37.2 Å². The molecule has 148 valence electrons. The van der Waals surface area contributed by atoms with Crippen molar-refractivity contribution in [2.75, 3.05) is 13.1 Å². The first-order chi connectivity index (χ1) is 13.5. The summed E-state index contributed by atoms with van der Waals surface area (Å²) in [4.78, 5) is 25.2. The number of hydrogen-bond acceptors (Lipinski definition) is 4. The smallest absolute Gasteiger partial charge is 0.269 e. The Labute approximate surface area is 170 Å². The Kier molecular flexibility index (Phi) is 7.09. The molecule has 5 nitrogen and oxygen atoms in total. The molecule has 1 aliphatic rings. The normalized spacial score (nSPS) is 16.0. The zero-order valence-corrected chi connectivity index (χ0v) is 16.9. The van der Waals surface area contributed by atoms with Gasteiger partial charge < -0.3 is 4.90 Å².